The Morgan fingerprint density at radius 2 is 1.65 bits per heavy atom. The van der Waals surface area contributed by atoms with E-state index in [1.165, 1.54) is 0 Å². The predicted octanol–water partition coefficient (Wildman–Crippen LogP) is 4.71. The number of ether oxygens (including phenoxy) is 1. The Kier molecular flexibility index (Phi) is 6.97. The van der Waals surface area contributed by atoms with E-state index in [9.17, 15) is 9.59 Å². The average molecular weight is 532 g/mol. The van der Waals surface area contributed by atoms with Crippen LogP contribution in [-0.2, 0) is 11.3 Å². The summed E-state index contributed by atoms with van der Waals surface area (Å²) in [6, 6.07) is 24.8. The van der Waals surface area contributed by atoms with E-state index in [1.54, 1.807) is 41.6 Å². The number of carbonyl (C=O) groups is 2. The van der Waals surface area contributed by atoms with Gasteiger partial charge in [0.15, 0.2) is 11.5 Å². The summed E-state index contributed by atoms with van der Waals surface area (Å²) in [6.07, 6.45) is 5.18. The Bertz CT molecular complexity index is 1560. The molecule has 8 heteroatoms. The number of hydrogen-bond acceptors (Lipinski definition) is 6. The predicted molar refractivity (Wildman–Crippen MR) is 154 cm³/mol. The molecular formula is C32H29N5O3. The highest BCUT2D eigenvalue weighted by atomic mass is 16.5. The van der Waals surface area contributed by atoms with Crippen molar-refractivity contribution in [1.29, 1.82) is 0 Å². The van der Waals surface area contributed by atoms with E-state index in [4.69, 9.17) is 4.74 Å². The van der Waals surface area contributed by atoms with E-state index in [0.29, 0.717) is 50.0 Å². The highest BCUT2D eigenvalue weighted by Crippen LogP contribution is 2.36. The first-order valence-corrected chi connectivity index (χ1v) is 13.3. The lowest BCUT2D eigenvalue weighted by molar-refractivity contribution is -0.117. The number of rotatable bonds is 5. The summed E-state index contributed by atoms with van der Waals surface area (Å²) in [5, 5.41) is 0. The summed E-state index contributed by atoms with van der Waals surface area (Å²) in [4.78, 5) is 41.0. The monoisotopic (exact) mass is 531 g/mol. The molecule has 6 rings (SSSR count). The third kappa shape index (κ3) is 5.29. The second-order valence-corrected chi connectivity index (χ2v) is 9.91. The molecule has 2 aliphatic rings. The second kappa shape index (κ2) is 11.0. The summed E-state index contributed by atoms with van der Waals surface area (Å²) in [7, 11) is 0. The van der Waals surface area contributed by atoms with Crippen LogP contribution in [0.4, 0.5) is 11.6 Å². The fourth-order valence-electron chi connectivity index (χ4n) is 5.03. The van der Waals surface area contributed by atoms with Crippen molar-refractivity contribution < 1.29 is 14.3 Å². The van der Waals surface area contributed by atoms with Crippen molar-refractivity contribution in [2.75, 3.05) is 36.0 Å². The van der Waals surface area contributed by atoms with Crippen LogP contribution in [0.15, 0.2) is 97.0 Å². The molecule has 0 unspecified atom stereocenters. The van der Waals surface area contributed by atoms with Crippen molar-refractivity contribution in [3.63, 3.8) is 0 Å². The fraction of sp³-hybridized carbons (Fsp3) is 0.188. The highest BCUT2D eigenvalue weighted by Gasteiger charge is 2.30. The zero-order valence-electron chi connectivity index (χ0n) is 22.2. The zero-order valence-corrected chi connectivity index (χ0v) is 22.2. The molecule has 2 aliphatic heterocycles. The average Bonchev–Trinajstić information content (AvgIpc) is 3.00. The number of anilines is 2. The summed E-state index contributed by atoms with van der Waals surface area (Å²) < 4.78 is 6.04. The molecule has 1 aromatic heterocycles. The van der Waals surface area contributed by atoms with E-state index in [0.717, 1.165) is 22.4 Å². The van der Waals surface area contributed by atoms with Gasteiger partial charge in [0, 0.05) is 44.1 Å². The van der Waals surface area contributed by atoms with Gasteiger partial charge in [0.1, 0.15) is 0 Å². The third-order valence-corrected chi connectivity index (χ3v) is 7.11. The summed E-state index contributed by atoms with van der Waals surface area (Å²) in [5.41, 5.74) is 4.31. The Hall–Kier alpha value is -4.98. The molecule has 0 aliphatic carbocycles. The topological polar surface area (TPSA) is 78.9 Å². The maximum Gasteiger partial charge on any atom is 0.294 e. The van der Waals surface area contributed by atoms with Gasteiger partial charge in [0.05, 0.1) is 12.2 Å². The lowest BCUT2D eigenvalue weighted by atomic mass is 10.1. The number of aryl methyl sites for hydroxylation is 1. The number of fused-ring (bicyclic) bond motifs is 1. The van der Waals surface area contributed by atoms with Gasteiger partial charge < -0.3 is 14.5 Å². The first kappa shape index (κ1) is 25.3. The van der Waals surface area contributed by atoms with Gasteiger partial charge in [-0.25, -0.2) is 9.97 Å². The molecule has 0 atom stereocenters. The molecule has 8 nitrogen and oxygen atoms in total. The van der Waals surface area contributed by atoms with Gasteiger partial charge in [-0.1, -0.05) is 54.1 Å². The summed E-state index contributed by atoms with van der Waals surface area (Å²) in [5.74, 6) is 1.33. The molecule has 1 saturated heterocycles. The molecule has 200 valence electrons. The summed E-state index contributed by atoms with van der Waals surface area (Å²) >= 11 is 0. The van der Waals surface area contributed by atoms with Crippen LogP contribution in [0, 0.1) is 6.92 Å². The van der Waals surface area contributed by atoms with Crippen LogP contribution in [0.5, 0.6) is 5.75 Å². The van der Waals surface area contributed by atoms with Gasteiger partial charge in [-0.05, 0) is 54.5 Å². The van der Waals surface area contributed by atoms with Crippen LogP contribution in [0.3, 0.4) is 0 Å². The molecule has 0 spiro atoms. The molecule has 0 N–H and O–H groups in total. The highest BCUT2D eigenvalue weighted by molar-refractivity contribution is 6.09. The van der Waals surface area contributed by atoms with Crippen molar-refractivity contribution in [1.82, 2.24) is 14.9 Å². The minimum absolute atomic E-state index is 0.0175. The first-order chi connectivity index (χ1) is 19.5. The van der Waals surface area contributed by atoms with Gasteiger partial charge in [0.2, 0.25) is 5.95 Å². The van der Waals surface area contributed by atoms with E-state index in [1.807, 2.05) is 66.4 Å². The standard InChI is InChI=1S/C32H29N5O3/c1-23-6-4-7-25(20-23)22-37-27-8-2-3-9-28(27)40-29(31(37)39)21-24-10-12-26(13-11-24)30(38)35-16-18-36(19-17-35)32-33-14-5-15-34-32/h2-15,20-21H,16-19,22H2,1H3/b29-21+. The Morgan fingerprint density at radius 3 is 2.40 bits per heavy atom. The van der Waals surface area contributed by atoms with Crippen molar-refractivity contribution in [2.45, 2.75) is 13.5 Å². The maximum atomic E-state index is 13.6. The minimum Gasteiger partial charge on any atom is -0.449 e. The van der Waals surface area contributed by atoms with Crippen LogP contribution in [-0.4, -0.2) is 52.9 Å². The fourth-order valence-corrected chi connectivity index (χ4v) is 5.03. The minimum atomic E-state index is -0.208. The number of para-hydroxylation sites is 2. The molecule has 2 amide bonds. The van der Waals surface area contributed by atoms with Crippen molar-refractivity contribution in [3.05, 3.63) is 119 Å². The van der Waals surface area contributed by atoms with Gasteiger partial charge in [-0.2, -0.15) is 0 Å². The number of benzene rings is 3. The molecule has 4 aromatic rings. The first-order valence-electron chi connectivity index (χ1n) is 13.3. The van der Waals surface area contributed by atoms with Gasteiger partial charge in [-0.15, -0.1) is 0 Å². The van der Waals surface area contributed by atoms with Crippen LogP contribution in [0.2, 0.25) is 0 Å². The lowest BCUT2D eigenvalue weighted by Gasteiger charge is -2.34. The maximum absolute atomic E-state index is 13.6. The number of hydrogen-bond donors (Lipinski definition) is 0. The van der Waals surface area contributed by atoms with E-state index < -0.39 is 0 Å². The molecule has 1 fully saturated rings. The van der Waals surface area contributed by atoms with Gasteiger partial charge in [0.25, 0.3) is 11.8 Å². The number of amides is 2. The Morgan fingerprint density at radius 1 is 0.900 bits per heavy atom. The largest absolute Gasteiger partial charge is 0.449 e. The van der Waals surface area contributed by atoms with Crippen LogP contribution < -0.4 is 14.5 Å². The number of aromatic nitrogens is 2. The van der Waals surface area contributed by atoms with Crippen molar-refractivity contribution in [2.24, 2.45) is 0 Å². The lowest BCUT2D eigenvalue weighted by Crippen LogP contribution is -2.49. The molecular weight excluding hydrogens is 502 g/mol. The normalized spacial score (nSPS) is 16.1. The van der Waals surface area contributed by atoms with Gasteiger partial charge >= 0.3 is 0 Å². The van der Waals surface area contributed by atoms with Crippen molar-refractivity contribution >= 4 is 29.5 Å². The van der Waals surface area contributed by atoms with Crippen LogP contribution in [0.1, 0.15) is 27.0 Å². The molecule has 0 bridgehead atoms. The summed E-state index contributed by atoms with van der Waals surface area (Å²) in [6.45, 7) is 5.04. The van der Waals surface area contributed by atoms with E-state index in [2.05, 4.69) is 20.9 Å². The second-order valence-electron chi connectivity index (χ2n) is 9.91. The molecule has 3 heterocycles. The SMILES string of the molecule is Cc1cccc(CN2C(=O)/C(=C\c3ccc(C(=O)N4CCN(c5ncccn5)CC4)cc3)Oc3ccccc32)c1. The number of nitrogens with zero attached hydrogens (tertiary/aromatic N) is 5. The molecule has 40 heavy (non-hydrogen) atoms. The number of piperazine rings is 1. The molecule has 0 saturated carbocycles. The van der Waals surface area contributed by atoms with E-state index in [-0.39, 0.29) is 17.6 Å². The van der Waals surface area contributed by atoms with Crippen molar-refractivity contribution in [3.8, 4) is 5.75 Å². The van der Waals surface area contributed by atoms with E-state index >= 15 is 0 Å². The Balaban J connectivity index is 1.17. The Labute approximate surface area is 233 Å². The quantitative estimate of drug-likeness (QED) is 0.347. The van der Waals surface area contributed by atoms with Crippen LogP contribution in [0.25, 0.3) is 6.08 Å². The third-order valence-electron chi connectivity index (χ3n) is 7.11. The number of carbonyl (C=O) groups excluding carboxylic acids is 2. The van der Waals surface area contributed by atoms with Crippen LogP contribution >= 0.6 is 0 Å². The molecule has 3 aromatic carbocycles. The zero-order chi connectivity index (χ0) is 27.5. The van der Waals surface area contributed by atoms with Gasteiger partial charge in [-0.3, -0.25) is 14.5 Å². The smallest absolute Gasteiger partial charge is 0.294 e. The molecule has 0 radical (unpaired) electrons.